The van der Waals surface area contributed by atoms with E-state index in [0.29, 0.717) is 30.3 Å². The molecule has 3 heterocycles. The zero-order chi connectivity index (χ0) is 18.8. The van der Waals surface area contributed by atoms with Gasteiger partial charge in [-0.2, -0.15) is 0 Å². The second-order valence-electron chi connectivity index (χ2n) is 5.95. The summed E-state index contributed by atoms with van der Waals surface area (Å²) in [5.41, 5.74) is 1.09. The first-order valence-corrected chi connectivity index (χ1v) is 8.24. The molecule has 1 atom stereocenters. The maximum Gasteiger partial charge on any atom is 0.410 e. The molecule has 0 saturated carbocycles. The van der Waals surface area contributed by atoms with Gasteiger partial charge in [-0.05, 0) is 12.1 Å². The van der Waals surface area contributed by atoms with E-state index >= 15 is 0 Å². The van der Waals surface area contributed by atoms with Crippen LogP contribution in [0.2, 0.25) is 0 Å². The molecule has 1 saturated heterocycles. The maximum atomic E-state index is 13.6. The molecule has 0 radical (unpaired) electrons. The number of carbonyl (C=O) groups excluding carboxylic acids is 1. The summed E-state index contributed by atoms with van der Waals surface area (Å²) < 4.78 is 37.4. The van der Waals surface area contributed by atoms with Gasteiger partial charge in [0.2, 0.25) is 0 Å². The molecule has 0 spiro atoms. The molecular formula is C17H15F2N5O3. The van der Waals surface area contributed by atoms with Crippen LogP contribution >= 0.6 is 0 Å². The number of fused-ring (bicyclic) bond motifs is 1. The molecule has 1 aromatic carbocycles. The zero-order valence-corrected chi connectivity index (χ0v) is 14.1. The van der Waals surface area contributed by atoms with Gasteiger partial charge < -0.3 is 19.4 Å². The number of amides is 1. The lowest BCUT2D eigenvalue weighted by molar-refractivity contribution is -0.0331. The van der Waals surface area contributed by atoms with Gasteiger partial charge in [-0.25, -0.2) is 28.5 Å². The van der Waals surface area contributed by atoms with Crippen molar-refractivity contribution in [2.24, 2.45) is 0 Å². The van der Waals surface area contributed by atoms with Crippen molar-refractivity contribution in [2.45, 2.75) is 12.7 Å². The summed E-state index contributed by atoms with van der Waals surface area (Å²) in [4.78, 5) is 29.3. The topological polar surface area (TPSA) is 93.2 Å². The van der Waals surface area contributed by atoms with Crippen LogP contribution in [-0.2, 0) is 16.1 Å². The number of nitrogens with one attached hydrogen (secondary N) is 1. The molecule has 10 heteroatoms. The smallest absolute Gasteiger partial charge is 0.410 e. The van der Waals surface area contributed by atoms with E-state index in [1.54, 1.807) is 6.20 Å². The largest absolute Gasteiger partial charge is 0.444 e. The summed E-state index contributed by atoms with van der Waals surface area (Å²) in [6.45, 7) is 0.552. The highest BCUT2D eigenvalue weighted by Crippen LogP contribution is 2.22. The Morgan fingerprint density at radius 2 is 2.19 bits per heavy atom. The average molecular weight is 375 g/mol. The standard InChI is InChI=1S/C17H15F2N5O3/c18-11-2-1-10(12(19)7-11)9-27-17(25)24-5-6-26-13(8-24)14-22-15-16(23-14)21-4-3-20-15/h1-4,7,13H,5-6,8-9H2,(H,20,21,22,23)/t13-/m0/s1. The molecule has 1 N–H and O–H groups in total. The number of hydrogen-bond acceptors (Lipinski definition) is 6. The molecule has 2 aromatic heterocycles. The van der Waals surface area contributed by atoms with Crippen molar-refractivity contribution < 1.29 is 23.0 Å². The Kier molecular flexibility index (Phi) is 4.63. The van der Waals surface area contributed by atoms with E-state index in [1.807, 2.05) is 0 Å². The quantitative estimate of drug-likeness (QED) is 0.755. The van der Waals surface area contributed by atoms with Gasteiger partial charge in [0.05, 0.1) is 13.2 Å². The molecule has 3 aromatic rings. The van der Waals surface area contributed by atoms with Crippen LogP contribution in [0, 0.1) is 11.6 Å². The van der Waals surface area contributed by atoms with E-state index in [0.717, 1.165) is 12.1 Å². The van der Waals surface area contributed by atoms with Crippen molar-refractivity contribution in [1.29, 1.82) is 0 Å². The van der Waals surface area contributed by atoms with Crippen molar-refractivity contribution in [3.8, 4) is 0 Å². The van der Waals surface area contributed by atoms with E-state index in [1.165, 1.54) is 17.2 Å². The second-order valence-corrected chi connectivity index (χ2v) is 5.95. The summed E-state index contributed by atoms with van der Waals surface area (Å²) in [6.07, 6.45) is 1.99. The first kappa shape index (κ1) is 17.3. The van der Waals surface area contributed by atoms with E-state index in [4.69, 9.17) is 9.47 Å². The van der Waals surface area contributed by atoms with E-state index in [-0.39, 0.29) is 18.7 Å². The summed E-state index contributed by atoms with van der Waals surface area (Å²) in [5, 5.41) is 0. The van der Waals surface area contributed by atoms with Gasteiger partial charge in [-0.1, -0.05) is 0 Å². The fourth-order valence-corrected chi connectivity index (χ4v) is 2.77. The van der Waals surface area contributed by atoms with Crippen LogP contribution in [0.15, 0.2) is 30.6 Å². The first-order valence-electron chi connectivity index (χ1n) is 8.24. The van der Waals surface area contributed by atoms with Crippen LogP contribution in [0.25, 0.3) is 11.3 Å². The predicted molar refractivity (Wildman–Crippen MR) is 88.5 cm³/mol. The molecule has 0 aliphatic carbocycles. The minimum absolute atomic E-state index is 0.101. The van der Waals surface area contributed by atoms with Crippen molar-refractivity contribution in [3.63, 3.8) is 0 Å². The number of halogens is 2. The average Bonchev–Trinajstić information content (AvgIpc) is 3.11. The molecule has 1 aliphatic heterocycles. The zero-order valence-electron chi connectivity index (χ0n) is 14.1. The molecule has 140 valence electrons. The fourth-order valence-electron chi connectivity index (χ4n) is 2.77. The number of nitrogens with zero attached hydrogens (tertiary/aromatic N) is 4. The van der Waals surface area contributed by atoms with Crippen LogP contribution in [-0.4, -0.2) is 50.6 Å². The lowest BCUT2D eigenvalue weighted by Gasteiger charge is -2.31. The van der Waals surface area contributed by atoms with Crippen molar-refractivity contribution in [2.75, 3.05) is 19.7 Å². The molecule has 27 heavy (non-hydrogen) atoms. The van der Waals surface area contributed by atoms with Crippen molar-refractivity contribution >= 4 is 17.4 Å². The predicted octanol–water partition coefficient (Wildman–Crippen LogP) is 2.34. The molecular weight excluding hydrogens is 360 g/mol. The third-order valence-electron chi connectivity index (χ3n) is 4.15. The SMILES string of the molecule is O=C(OCc1ccc(F)cc1F)N1CCO[C@H](c2nc3nccnc3[nH]2)C1. The van der Waals surface area contributed by atoms with E-state index < -0.39 is 23.8 Å². The van der Waals surface area contributed by atoms with Gasteiger partial charge in [0.1, 0.15) is 30.2 Å². The van der Waals surface area contributed by atoms with Gasteiger partial charge in [0.25, 0.3) is 0 Å². The second kappa shape index (κ2) is 7.23. The normalized spacial score (nSPS) is 17.3. The highest BCUT2D eigenvalue weighted by atomic mass is 19.1. The minimum atomic E-state index is -0.759. The Morgan fingerprint density at radius 3 is 3.00 bits per heavy atom. The van der Waals surface area contributed by atoms with Crippen LogP contribution in [0.5, 0.6) is 0 Å². The number of benzene rings is 1. The Balaban J connectivity index is 1.40. The number of rotatable bonds is 3. The fraction of sp³-hybridized carbons (Fsp3) is 0.294. The van der Waals surface area contributed by atoms with Crippen molar-refractivity contribution in [1.82, 2.24) is 24.8 Å². The van der Waals surface area contributed by atoms with Gasteiger partial charge in [-0.3, -0.25) is 0 Å². The van der Waals surface area contributed by atoms with Gasteiger partial charge in [0, 0.05) is 30.6 Å². The van der Waals surface area contributed by atoms with Gasteiger partial charge in [0.15, 0.2) is 11.3 Å². The molecule has 1 amide bonds. The van der Waals surface area contributed by atoms with Gasteiger partial charge in [-0.15, -0.1) is 0 Å². The van der Waals surface area contributed by atoms with E-state index in [2.05, 4.69) is 19.9 Å². The summed E-state index contributed by atoms with van der Waals surface area (Å²) in [5.74, 6) is -0.934. The highest BCUT2D eigenvalue weighted by molar-refractivity contribution is 5.68. The number of carbonyl (C=O) groups is 1. The number of hydrogen-bond donors (Lipinski definition) is 1. The van der Waals surface area contributed by atoms with Crippen molar-refractivity contribution in [3.05, 3.63) is 53.6 Å². The maximum absolute atomic E-state index is 13.6. The number of morpholine rings is 1. The lowest BCUT2D eigenvalue weighted by atomic mass is 10.2. The molecule has 1 fully saturated rings. The number of H-pyrrole nitrogens is 1. The third-order valence-corrected chi connectivity index (χ3v) is 4.15. The number of imidazole rings is 1. The third kappa shape index (κ3) is 3.70. The van der Waals surface area contributed by atoms with Crippen LogP contribution < -0.4 is 0 Å². The van der Waals surface area contributed by atoms with Crippen LogP contribution in [0.4, 0.5) is 13.6 Å². The Bertz CT molecular complexity index is 947. The first-order chi connectivity index (χ1) is 13.1. The number of ether oxygens (including phenoxy) is 2. The van der Waals surface area contributed by atoms with E-state index in [9.17, 15) is 13.6 Å². The summed E-state index contributed by atoms with van der Waals surface area (Å²) >= 11 is 0. The Labute approximate surface area is 152 Å². The molecule has 0 bridgehead atoms. The molecule has 8 nitrogen and oxygen atoms in total. The van der Waals surface area contributed by atoms with Crippen LogP contribution in [0.3, 0.4) is 0 Å². The van der Waals surface area contributed by atoms with Gasteiger partial charge >= 0.3 is 6.09 Å². The highest BCUT2D eigenvalue weighted by Gasteiger charge is 2.28. The number of aromatic amines is 1. The Morgan fingerprint density at radius 1 is 1.33 bits per heavy atom. The summed E-state index contributed by atoms with van der Waals surface area (Å²) in [7, 11) is 0. The van der Waals surface area contributed by atoms with Crippen LogP contribution in [0.1, 0.15) is 17.5 Å². The summed E-state index contributed by atoms with van der Waals surface area (Å²) in [6, 6.07) is 3.10. The lowest BCUT2D eigenvalue weighted by Crippen LogP contribution is -2.42. The molecule has 4 rings (SSSR count). The minimum Gasteiger partial charge on any atom is -0.444 e. The molecule has 1 aliphatic rings. The number of aromatic nitrogens is 4. The monoisotopic (exact) mass is 375 g/mol. The Hall–Kier alpha value is -3.14. The molecule has 0 unspecified atom stereocenters.